The second-order valence-electron chi connectivity index (χ2n) is 6.04. The second-order valence-corrected chi connectivity index (χ2v) is 6.04. The molecule has 2 aromatic heterocycles. The van der Waals surface area contributed by atoms with Crippen molar-refractivity contribution in [2.45, 2.75) is 13.5 Å². The van der Waals surface area contributed by atoms with Crippen molar-refractivity contribution in [3.05, 3.63) is 53.3 Å². The fraction of sp³-hybridized carbons (Fsp3) is 0.263. The number of aryl methyl sites for hydroxylation is 1. The molecule has 140 valence electrons. The Morgan fingerprint density at radius 3 is 2.48 bits per heavy atom. The summed E-state index contributed by atoms with van der Waals surface area (Å²) < 4.78 is 10.3. The van der Waals surface area contributed by atoms with E-state index in [1.807, 2.05) is 19.1 Å². The Hall–Kier alpha value is -3.42. The summed E-state index contributed by atoms with van der Waals surface area (Å²) in [5.41, 5.74) is 4.02. The Bertz CT molecular complexity index is 915. The molecule has 0 fully saturated rings. The Morgan fingerprint density at radius 2 is 1.89 bits per heavy atom. The predicted octanol–water partition coefficient (Wildman–Crippen LogP) is 2.46. The molecule has 0 aliphatic carbocycles. The Morgan fingerprint density at radius 1 is 1.15 bits per heavy atom. The van der Waals surface area contributed by atoms with E-state index in [0.717, 1.165) is 16.8 Å². The number of hydrogen-bond acceptors (Lipinski definition) is 6. The van der Waals surface area contributed by atoms with Crippen molar-refractivity contribution in [2.75, 3.05) is 21.3 Å². The first-order valence-electron chi connectivity index (χ1n) is 8.33. The van der Waals surface area contributed by atoms with Gasteiger partial charge in [-0.15, -0.1) is 0 Å². The Balaban J connectivity index is 1.78. The molecular weight excluding hydrogens is 346 g/mol. The molecule has 8 nitrogen and oxygen atoms in total. The summed E-state index contributed by atoms with van der Waals surface area (Å²) in [5.74, 6) is 0.340. The van der Waals surface area contributed by atoms with Crippen molar-refractivity contribution in [1.82, 2.24) is 25.1 Å². The summed E-state index contributed by atoms with van der Waals surface area (Å²) in [6.45, 7) is 2.42. The lowest BCUT2D eigenvalue weighted by atomic mass is 10.1. The van der Waals surface area contributed by atoms with Crippen LogP contribution >= 0.6 is 0 Å². The molecule has 0 saturated heterocycles. The quantitative estimate of drug-likeness (QED) is 0.719. The molecule has 3 rings (SSSR count). The van der Waals surface area contributed by atoms with Gasteiger partial charge in [0, 0.05) is 42.0 Å². The summed E-state index contributed by atoms with van der Waals surface area (Å²) in [4.78, 5) is 22.7. The van der Waals surface area contributed by atoms with Crippen LogP contribution in [0.3, 0.4) is 0 Å². The third-order valence-corrected chi connectivity index (χ3v) is 4.19. The summed E-state index contributed by atoms with van der Waals surface area (Å²) in [5, 5.41) is 6.86. The van der Waals surface area contributed by atoms with E-state index in [9.17, 15) is 4.79 Å². The number of nitrogens with one attached hydrogen (secondary N) is 1. The third kappa shape index (κ3) is 4.05. The zero-order chi connectivity index (χ0) is 19.4. The molecule has 1 N–H and O–H groups in total. The molecule has 0 unspecified atom stereocenters. The number of benzene rings is 1. The minimum atomic E-state index is -0.0694. The van der Waals surface area contributed by atoms with Gasteiger partial charge in [0.25, 0.3) is 5.91 Å². The number of amides is 1. The average molecular weight is 367 g/mol. The van der Waals surface area contributed by atoms with Crippen LogP contribution in [-0.2, 0) is 6.54 Å². The Labute approximate surface area is 157 Å². The first kappa shape index (κ1) is 18.4. The van der Waals surface area contributed by atoms with Gasteiger partial charge in [-0.3, -0.25) is 9.89 Å². The number of carbonyl (C=O) groups is 1. The molecule has 8 heteroatoms. The monoisotopic (exact) mass is 367 g/mol. The predicted molar refractivity (Wildman–Crippen MR) is 99.7 cm³/mol. The SMILES string of the molecule is COc1cc(-c2ccc(C(=O)N(C)Cc3cn[nH]c3C)cc2)nc(OC)n1. The zero-order valence-electron chi connectivity index (χ0n) is 15.7. The van der Waals surface area contributed by atoms with Gasteiger partial charge in [-0.1, -0.05) is 12.1 Å². The third-order valence-electron chi connectivity index (χ3n) is 4.19. The number of H-pyrrole nitrogens is 1. The van der Waals surface area contributed by atoms with Crippen molar-refractivity contribution in [3.63, 3.8) is 0 Å². The summed E-state index contributed by atoms with van der Waals surface area (Å²) in [6.07, 6.45) is 1.73. The van der Waals surface area contributed by atoms with Crippen molar-refractivity contribution in [1.29, 1.82) is 0 Å². The van der Waals surface area contributed by atoms with Gasteiger partial charge in [0.05, 0.1) is 26.1 Å². The van der Waals surface area contributed by atoms with E-state index in [1.54, 1.807) is 36.3 Å². The number of methoxy groups -OCH3 is 2. The summed E-state index contributed by atoms with van der Waals surface area (Å²) >= 11 is 0. The molecule has 3 aromatic rings. The lowest BCUT2D eigenvalue weighted by Gasteiger charge is -2.17. The number of rotatable bonds is 6. The average Bonchev–Trinajstić information content (AvgIpc) is 3.11. The molecule has 0 atom stereocenters. The van der Waals surface area contributed by atoms with Gasteiger partial charge in [0.15, 0.2) is 0 Å². The van der Waals surface area contributed by atoms with Crippen LogP contribution < -0.4 is 9.47 Å². The number of aromatic amines is 1. The van der Waals surface area contributed by atoms with Crippen molar-refractivity contribution in [3.8, 4) is 23.1 Å². The lowest BCUT2D eigenvalue weighted by molar-refractivity contribution is 0.0785. The van der Waals surface area contributed by atoms with Crippen LogP contribution in [0.1, 0.15) is 21.6 Å². The molecule has 0 saturated carbocycles. The van der Waals surface area contributed by atoms with E-state index >= 15 is 0 Å². The van der Waals surface area contributed by atoms with Crippen molar-refractivity contribution < 1.29 is 14.3 Å². The molecule has 0 spiro atoms. The minimum Gasteiger partial charge on any atom is -0.481 e. The lowest BCUT2D eigenvalue weighted by Crippen LogP contribution is -2.26. The fourth-order valence-corrected chi connectivity index (χ4v) is 2.61. The number of ether oxygens (including phenoxy) is 2. The molecule has 0 aliphatic heterocycles. The van der Waals surface area contributed by atoms with Gasteiger partial charge < -0.3 is 14.4 Å². The first-order valence-corrected chi connectivity index (χ1v) is 8.33. The van der Waals surface area contributed by atoms with E-state index in [4.69, 9.17) is 9.47 Å². The molecule has 1 amide bonds. The van der Waals surface area contributed by atoms with E-state index < -0.39 is 0 Å². The van der Waals surface area contributed by atoms with Gasteiger partial charge >= 0.3 is 6.01 Å². The van der Waals surface area contributed by atoms with Crippen molar-refractivity contribution >= 4 is 5.91 Å². The van der Waals surface area contributed by atoms with Crippen LogP contribution in [0.2, 0.25) is 0 Å². The topological polar surface area (TPSA) is 93.2 Å². The molecule has 0 bridgehead atoms. The van der Waals surface area contributed by atoms with Crippen LogP contribution in [0.15, 0.2) is 36.5 Å². The van der Waals surface area contributed by atoms with Crippen LogP contribution in [0.5, 0.6) is 11.9 Å². The molecule has 0 aliphatic rings. The first-order chi connectivity index (χ1) is 13.0. The maximum absolute atomic E-state index is 12.7. The summed E-state index contributed by atoms with van der Waals surface area (Å²) in [7, 11) is 4.80. The largest absolute Gasteiger partial charge is 0.481 e. The molecule has 2 heterocycles. The number of carbonyl (C=O) groups excluding carboxylic acids is 1. The minimum absolute atomic E-state index is 0.0694. The zero-order valence-corrected chi connectivity index (χ0v) is 15.7. The van der Waals surface area contributed by atoms with Gasteiger partial charge in [-0.25, -0.2) is 0 Å². The van der Waals surface area contributed by atoms with Gasteiger partial charge in [-0.2, -0.15) is 15.1 Å². The highest BCUT2D eigenvalue weighted by Gasteiger charge is 2.14. The van der Waals surface area contributed by atoms with Crippen LogP contribution in [0.4, 0.5) is 0 Å². The van der Waals surface area contributed by atoms with E-state index in [2.05, 4.69) is 20.2 Å². The van der Waals surface area contributed by atoms with Gasteiger partial charge in [-0.05, 0) is 19.1 Å². The second kappa shape index (κ2) is 7.86. The van der Waals surface area contributed by atoms with Gasteiger partial charge in [0.1, 0.15) is 0 Å². The Kier molecular flexibility index (Phi) is 5.35. The molecule has 1 aromatic carbocycles. The maximum Gasteiger partial charge on any atom is 0.320 e. The molecular formula is C19H21N5O3. The fourth-order valence-electron chi connectivity index (χ4n) is 2.61. The van der Waals surface area contributed by atoms with Gasteiger partial charge in [0.2, 0.25) is 5.88 Å². The van der Waals surface area contributed by atoms with E-state index in [-0.39, 0.29) is 11.9 Å². The standard InChI is InChI=1S/C19H21N5O3/c1-12-15(10-20-23-12)11-24(2)18(25)14-7-5-13(6-8-14)16-9-17(26-3)22-19(21-16)27-4/h5-10H,11H2,1-4H3,(H,20,23). The smallest absolute Gasteiger partial charge is 0.320 e. The maximum atomic E-state index is 12.7. The normalized spacial score (nSPS) is 10.5. The van der Waals surface area contributed by atoms with Crippen molar-refractivity contribution in [2.24, 2.45) is 0 Å². The highest BCUT2D eigenvalue weighted by atomic mass is 16.5. The highest BCUT2D eigenvalue weighted by molar-refractivity contribution is 5.94. The highest BCUT2D eigenvalue weighted by Crippen LogP contribution is 2.24. The number of hydrogen-bond donors (Lipinski definition) is 1. The molecule has 27 heavy (non-hydrogen) atoms. The molecule has 0 radical (unpaired) electrons. The number of aromatic nitrogens is 4. The van der Waals surface area contributed by atoms with Crippen LogP contribution in [-0.4, -0.2) is 52.2 Å². The number of nitrogens with zero attached hydrogens (tertiary/aromatic N) is 4. The summed E-state index contributed by atoms with van der Waals surface area (Å²) in [6, 6.07) is 9.17. The van der Waals surface area contributed by atoms with E-state index in [0.29, 0.717) is 23.7 Å². The van der Waals surface area contributed by atoms with E-state index in [1.165, 1.54) is 14.2 Å². The van der Waals surface area contributed by atoms with Crippen LogP contribution in [0.25, 0.3) is 11.3 Å². The van der Waals surface area contributed by atoms with Crippen LogP contribution in [0, 0.1) is 6.92 Å².